The highest BCUT2D eigenvalue weighted by Gasteiger charge is 2.31. The summed E-state index contributed by atoms with van der Waals surface area (Å²) < 4.78 is 4.82. The summed E-state index contributed by atoms with van der Waals surface area (Å²) in [5.41, 5.74) is -0.878. The van der Waals surface area contributed by atoms with Crippen LogP contribution in [0.25, 0.3) is 0 Å². The molecule has 94 valence electrons. The number of aliphatic carboxylic acids is 1. The smallest absolute Gasteiger partial charge is 0.311 e. The minimum Gasteiger partial charge on any atom is -0.481 e. The molecule has 0 radical (unpaired) electrons. The van der Waals surface area contributed by atoms with Crippen LogP contribution >= 0.6 is 0 Å². The fourth-order valence-electron chi connectivity index (χ4n) is 1.11. The summed E-state index contributed by atoms with van der Waals surface area (Å²) in [6.07, 6.45) is 1.51. The maximum atomic E-state index is 11.3. The Morgan fingerprint density at radius 3 is 2.50 bits per heavy atom. The minimum atomic E-state index is -0.882. The van der Waals surface area contributed by atoms with Gasteiger partial charge in [0, 0.05) is 26.7 Å². The molecule has 0 spiro atoms. The summed E-state index contributed by atoms with van der Waals surface area (Å²) in [4.78, 5) is 22.3. The lowest BCUT2D eigenvalue weighted by Crippen LogP contribution is -2.40. The quantitative estimate of drug-likeness (QED) is 0.612. The van der Waals surface area contributed by atoms with Crippen molar-refractivity contribution in [2.24, 2.45) is 5.41 Å². The van der Waals surface area contributed by atoms with Gasteiger partial charge in [-0.2, -0.15) is 0 Å². The third-order valence-corrected chi connectivity index (χ3v) is 2.72. The number of rotatable bonds is 8. The SMILES string of the molecule is CCC(C)(CNC(=O)CCCOC)C(=O)O. The number of carbonyl (C=O) groups excluding carboxylic acids is 1. The van der Waals surface area contributed by atoms with E-state index in [2.05, 4.69) is 5.32 Å². The van der Waals surface area contributed by atoms with E-state index < -0.39 is 11.4 Å². The van der Waals surface area contributed by atoms with Gasteiger partial charge in [0.15, 0.2) is 0 Å². The zero-order chi connectivity index (χ0) is 12.6. The molecule has 0 bridgehead atoms. The van der Waals surface area contributed by atoms with E-state index in [0.29, 0.717) is 25.9 Å². The third kappa shape index (κ3) is 5.11. The van der Waals surface area contributed by atoms with Crippen molar-refractivity contribution in [1.29, 1.82) is 0 Å². The van der Waals surface area contributed by atoms with E-state index in [0.717, 1.165) is 0 Å². The largest absolute Gasteiger partial charge is 0.481 e. The highest BCUT2D eigenvalue weighted by atomic mass is 16.5. The van der Waals surface area contributed by atoms with Gasteiger partial charge in [-0.25, -0.2) is 0 Å². The fraction of sp³-hybridized carbons (Fsp3) is 0.818. The number of ether oxygens (including phenoxy) is 1. The first-order chi connectivity index (χ1) is 7.46. The first-order valence-electron chi connectivity index (χ1n) is 5.45. The number of carbonyl (C=O) groups is 2. The van der Waals surface area contributed by atoms with E-state index in [1.807, 2.05) is 0 Å². The van der Waals surface area contributed by atoms with E-state index in [4.69, 9.17) is 9.84 Å². The van der Waals surface area contributed by atoms with Crippen molar-refractivity contribution in [2.45, 2.75) is 33.1 Å². The van der Waals surface area contributed by atoms with Crippen LogP contribution in [0.3, 0.4) is 0 Å². The topological polar surface area (TPSA) is 75.6 Å². The molecule has 0 fully saturated rings. The Morgan fingerprint density at radius 1 is 1.44 bits per heavy atom. The van der Waals surface area contributed by atoms with Gasteiger partial charge < -0.3 is 15.2 Å². The minimum absolute atomic E-state index is 0.127. The number of carboxylic acid groups (broad SMARTS) is 1. The second-order valence-electron chi connectivity index (χ2n) is 4.09. The van der Waals surface area contributed by atoms with Crippen LogP contribution in [0.4, 0.5) is 0 Å². The average molecular weight is 231 g/mol. The summed E-state index contributed by atoms with van der Waals surface area (Å²) in [5, 5.41) is 11.6. The second kappa shape index (κ2) is 7.22. The summed E-state index contributed by atoms with van der Waals surface area (Å²) >= 11 is 0. The molecule has 1 amide bonds. The zero-order valence-electron chi connectivity index (χ0n) is 10.2. The monoisotopic (exact) mass is 231 g/mol. The van der Waals surface area contributed by atoms with Crippen molar-refractivity contribution in [2.75, 3.05) is 20.3 Å². The molecule has 1 unspecified atom stereocenters. The zero-order valence-corrected chi connectivity index (χ0v) is 10.2. The van der Waals surface area contributed by atoms with Gasteiger partial charge in [-0.1, -0.05) is 6.92 Å². The number of methoxy groups -OCH3 is 1. The van der Waals surface area contributed by atoms with Crippen LogP contribution < -0.4 is 5.32 Å². The lowest BCUT2D eigenvalue weighted by atomic mass is 9.88. The van der Waals surface area contributed by atoms with Crippen LogP contribution in [-0.4, -0.2) is 37.2 Å². The summed E-state index contributed by atoms with van der Waals surface area (Å²) in [7, 11) is 1.58. The van der Waals surface area contributed by atoms with E-state index in [1.165, 1.54) is 0 Å². The molecular weight excluding hydrogens is 210 g/mol. The van der Waals surface area contributed by atoms with Crippen molar-refractivity contribution in [3.05, 3.63) is 0 Å². The number of hydrogen-bond acceptors (Lipinski definition) is 3. The molecule has 5 nitrogen and oxygen atoms in total. The molecule has 16 heavy (non-hydrogen) atoms. The Bertz CT molecular complexity index is 242. The molecule has 0 aromatic carbocycles. The van der Waals surface area contributed by atoms with Crippen LogP contribution in [0.1, 0.15) is 33.1 Å². The molecule has 1 atom stereocenters. The van der Waals surface area contributed by atoms with Gasteiger partial charge in [-0.3, -0.25) is 9.59 Å². The normalized spacial score (nSPS) is 14.2. The van der Waals surface area contributed by atoms with Crippen molar-refractivity contribution >= 4 is 11.9 Å². The molecular formula is C11H21NO4. The van der Waals surface area contributed by atoms with Crippen molar-refractivity contribution in [1.82, 2.24) is 5.32 Å². The maximum Gasteiger partial charge on any atom is 0.311 e. The number of amides is 1. The molecule has 0 aliphatic carbocycles. The molecule has 0 aliphatic rings. The van der Waals surface area contributed by atoms with E-state index in [9.17, 15) is 9.59 Å². The van der Waals surface area contributed by atoms with Crippen molar-refractivity contribution in [3.63, 3.8) is 0 Å². The van der Waals surface area contributed by atoms with Gasteiger partial charge in [0.2, 0.25) is 5.91 Å². The van der Waals surface area contributed by atoms with Crippen LogP contribution in [0, 0.1) is 5.41 Å². The van der Waals surface area contributed by atoms with Gasteiger partial charge in [0.05, 0.1) is 5.41 Å². The summed E-state index contributed by atoms with van der Waals surface area (Å²) in [6.45, 7) is 4.14. The molecule has 0 saturated heterocycles. The fourth-order valence-corrected chi connectivity index (χ4v) is 1.11. The van der Waals surface area contributed by atoms with Crippen LogP contribution in [-0.2, 0) is 14.3 Å². The van der Waals surface area contributed by atoms with Crippen LogP contribution in [0.15, 0.2) is 0 Å². The van der Waals surface area contributed by atoms with E-state index in [1.54, 1.807) is 21.0 Å². The van der Waals surface area contributed by atoms with Crippen molar-refractivity contribution in [3.8, 4) is 0 Å². The lowest BCUT2D eigenvalue weighted by Gasteiger charge is -2.23. The first kappa shape index (κ1) is 14.9. The predicted molar refractivity (Wildman–Crippen MR) is 60.2 cm³/mol. The summed E-state index contributed by atoms with van der Waals surface area (Å²) in [5.74, 6) is -1.01. The number of carboxylic acids is 1. The second-order valence-corrected chi connectivity index (χ2v) is 4.09. The Hall–Kier alpha value is -1.10. The molecule has 0 aromatic rings. The predicted octanol–water partition coefficient (Wildman–Crippen LogP) is 1.03. The Balaban J connectivity index is 3.93. The average Bonchev–Trinajstić information content (AvgIpc) is 2.26. The standard InChI is InChI=1S/C11H21NO4/c1-4-11(2,10(14)15)8-12-9(13)6-5-7-16-3/h4-8H2,1-3H3,(H,12,13)(H,14,15). The highest BCUT2D eigenvalue weighted by molar-refractivity contribution is 5.78. The van der Waals surface area contributed by atoms with Gasteiger partial charge in [-0.05, 0) is 19.8 Å². The number of nitrogens with one attached hydrogen (secondary N) is 1. The van der Waals surface area contributed by atoms with E-state index >= 15 is 0 Å². The van der Waals surface area contributed by atoms with E-state index in [-0.39, 0.29) is 12.5 Å². The Morgan fingerprint density at radius 2 is 2.06 bits per heavy atom. The Kier molecular flexibility index (Phi) is 6.72. The summed E-state index contributed by atoms with van der Waals surface area (Å²) in [6, 6.07) is 0. The molecule has 0 heterocycles. The molecule has 0 rings (SSSR count). The lowest BCUT2D eigenvalue weighted by molar-refractivity contribution is -0.148. The first-order valence-corrected chi connectivity index (χ1v) is 5.45. The van der Waals surface area contributed by atoms with Gasteiger partial charge >= 0.3 is 5.97 Å². The van der Waals surface area contributed by atoms with Gasteiger partial charge in [0.1, 0.15) is 0 Å². The Labute approximate surface area is 96.2 Å². The third-order valence-electron chi connectivity index (χ3n) is 2.72. The number of hydrogen-bond donors (Lipinski definition) is 2. The molecule has 0 saturated carbocycles. The van der Waals surface area contributed by atoms with Crippen molar-refractivity contribution < 1.29 is 19.4 Å². The molecule has 2 N–H and O–H groups in total. The van der Waals surface area contributed by atoms with Gasteiger partial charge in [0.25, 0.3) is 0 Å². The molecule has 0 aromatic heterocycles. The highest BCUT2D eigenvalue weighted by Crippen LogP contribution is 2.19. The molecule has 5 heteroatoms. The molecule has 0 aliphatic heterocycles. The van der Waals surface area contributed by atoms with Crippen LogP contribution in [0.2, 0.25) is 0 Å². The van der Waals surface area contributed by atoms with Gasteiger partial charge in [-0.15, -0.1) is 0 Å². The van der Waals surface area contributed by atoms with Crippen LogP contribution in [0.5, 0.6) is 0 Å². The maximum absolute atomic E-state index is 11.3.